The fraction of sp³-hybridized carbons (Fsp3) is 0.444. The smallest absolute Gasteiger partial charge is 0.149 e. The lowest BCUT2D eigenvalue weighted by molar-refractivity contribution is 0.0367. The molecule has 0 aliphatic rings. The molecule has 1 heterocycles. The van der Waals surface area contributed by atoms with Gasteiger partial charge in [-0.3, -0.25) is 4.84 Å². The zero-order valence-electron chi connectivity index (χ0n) is 7.66. The molecule has 0 saturated carbocycles. The van der Waals surface area contributed by atoms with Crippen LogP contribution in [-0.2, 0) is 4.84 Å². The number of rotatable bonds is 2. The van der Waals surface area contributed by atoms with Crippen LogP contribution in [-0.4, -0.2) is 10.6 Å². The Hall–Kier alpha value is -1.09. The van der Waals surface area contributed by atoms with Gasteiger partial charge in [0.1, 0.15) is 5.82 Å². The Morgan fingerprint density at radius 2 is 2.08 bits per heavy atom. The number of anilines is 1. The summed E-state index contributed by atoms with van der Waals surface area (Å²) in [6.07, 6.45) is 1.72. The summed E-state index contributed by atoms with van der Waals surface area (Å²) < 4.78 is 0. The first-order chi connectivity index (χ1) is 5.58. The van der Waals surface area contributed by atoms with Gasteiger partial charge in [-0.1, -0.05) is 6.07 Å². The molecule has 0 saturated heterocycles. The standard InChI is InChI=1S/C9H14N2O/c1-9(2,3)12-11-8-6-4-5-7-10-8/h4-7H,1-3H3,(H,10,11). The summed E-state index contributed by atoms with van der Waals surface area (Å²) in [4.78, 5) is 9.35. The summed E-state index contributed by atoms with van der Waals surface area (Å²) in [7, 11) is 0. The van der Waals surface area contributed by atoms with Crippen molar-refractivity contribution in [3.8, 4) is 0 Å². The Bertz CT molecular complexity index is 228. The van der Waals surface area contributed by atoms with Gasteiger partial charge in [0.15, 0.2) is 0 Å². The van der Waals surface area contributed by atoms with E-state index in [1.807, 2.05) is 39.0 Å². The number of aromatic nitrogens is 1. The van der Waals surface area contributed by atoms with Crippen molar-refractivity contribution in [3.63, 3.8) is 0 Å². The summed E-state index contributed by atoms with van der Waals surface area (Å²) in [5.74, 6) is 0.729. The molecule has 0 amide bonds. The van der Waals surface area contributed by atoms with Crippen LogP contribution in [0.1, 0.15) is 20.8 Å². The summed E-state index contributed by atoms with van der Waals surface area (Å²) in [5, 5.41) is 0. The molecule has 0 radical (unpaired) electrons. The molecule has 1 aromatic heterocycles. The average molecular weight is 166 g/mol. The second kappa shape index (κ2) is 3.54. The van der Waals surface area contributed by atoms with Crippen molar-refractivity contribution in [1.82, 2.24) is 4.98 Å². The van der Waals surface area contributed by atoms with E-state index in [-0.39, 0.29) is 5.60 Å². The summed E-state index contributed by atoms with van der Waals surface area (Å²) in [5.41, 5.74) is 2.58. The third-order valence-corrected chi connectivity index (χ3v) is 1.13. The molecule has 0 aromatic carbocycles. The topological polar surface area (TPSA) is 34.1 Å². The van der Waals surface area contributed by atoms with Gasteiger partial charge >= 0.3 is 0 Å². The summed E-state index contributed by atoms with van der Waals surface area (Å²) in [6, 6.07) is 5.62. The van der Waals surface area contributed by atoms with E-state index in [9.17, 15) is 0 Å². The molecule has 12 heavy (non-hydrogen) atoms. The van der Waals surface area contributed by atoms with Crippen molar-refractivity contribution in [1.29, 1.82) is 0 Å². The van der Waals surface area contributed by atoms with E-state index in [4.69, 9.17) is 4.84 Å². The molecule has 0 unspecified atom stereocenters. The van der Waals surface area contributed by atoms with Gasteiger partial charge in [0.2, 0.25) is 0 Å². The largest absolute Gasteiger partial charge is 0.269 e. The Labute approximate surface area is 72.7 Å². The normalized spacial score (nSPS) is 11.2. The van der Waals surface area contributed by atoms with Gasteiger partial charge in [0.05, 0.1) is 5.60 Å². The number of hydrogen-bond donors (Lipinski definition) is 1. The second-order valence-electron chi connectivity index (χ2n) is 3.53. The van der Waals surface area contributed by atoms with Gasteiger partial charge in [-0.2, -0.15) is 0 Å². The van der Waals surface area contributed by atoms with E-state index in [0.717, 1.165) is 5.82 Å². The highest BCUT2D eigenvalue weighted by Crippen LogP contribution is 2.08. The van der Waals surface area contributed by atoms with Crippen molar-refractivity contribution in [3.05, 3.63) is 24.4 Å². The van der Waals surface area contributed by atoms with E-state index < -0.39 is 0 Å². The molecule has 0 fully saturated rings. The van der Waals surface area contributed by atoms with Crippen LogP contribution in [0.5, 0.6) is 0 Å². The van der Waals surface area contributed by atoms with Crippen LogP contribution >= 0.6 is 0 Å². The van der Waals surface area contributed by atoms with E-state index in [0.29, 0.717) is 0 Å². The minimum absolute atomic E-state index is 0.197. The fourth-order valence-electron chi connectivity index (χ4n) is 0.629. The Kier molecular flexibility index (Phi) is 2.65. The Balaban J connectivity index is 2.44. The zero-order chi connectivity index (χ0) is 9.03. The highest BCUT2D eigenvalue weighted by atomic mass is 16.7. The molecule has 0 aliphatic carbocycles. The number of nitrogens with one attached hydrogen (secondary N) is 1. The second-order valence-corrected chi connectivity index (χ2v) is 3.53. The van der Waals surface area contributed by atoms with Crippen LogP contribution < -0.4 is 5.48 Å². The van der Waals surface area contributed by atoms with Crippen LogP contribution in [0.25, 0.3) is 0 Å². The third kappa shape index (κ3) is 3.34. The molecule has 1 aromatic rings. The van der Waals surface area contributed by atoms with Crippen LogP contribution in [0.15, 0.2) is 24.4 Å². The highest BCUT2D eigenvalue weighted by Gasteiger charge is 2.10. The van der Waals surface area contributed by atoms with Crippen LogP contribution in [0.4, 0.5) is 5.82 Å². The van der Waals surface area contributed by atoms with Crippen LogP contribution in [0.3, 0.4) is 0 Å². The van der Waals surface area contributed by atoms with Crippen LogP contribution in [0, 0.1) is 0 Å². The van der Waals surface area contributed by atoms with Crippen molar-refractivity contribution < 1.29 is 4.84 Å². The Morgan fingerprint density at radius 3 is 2.58 bits per heavy atom. The Morgan fingerprint density at radius 1 is 1.33 bits per heavy atom. The number of hydrogen-bond acceptors (Lipinski definition) is 3. The predicted molar refractivity (Wildman–Crippen MR) is 48.7 cm³/mol. The van der Waals surface area contributed by atoms with E-state index >= 15 is 0 Å². The summed E-state index contributed by atoms with van der Waals surface area (Å²) in [6.45, 7) is 5.93. The maximum atomic E-state index is 5.30. The van der Waals surface area contributed by atoms with Crippen molar-refractivity contribution in [2.45, 2.75) is 26.4 Å². The fourth-order valence-corrected chi connectivity index (χ4v) is 0.629. The average Bonchev–Trinajstić information content (AvgIpc) is 2.02. The first kappa shape index (κ1) is 9.00. The first-order valence-electron chi connectivity index (χ1n) is 3.93. The van der Waals surface area contributed by atoms with Crippen molar-refractivity contribution in [2.24, 2.45) is 0 Å². The molecule has 0 bridgehead atoms. The number of pyridine rings is 1. The van der Waals surface area contributed by atoms with E-state index in [2.05, 4.69) is 10.5 Å². The highest BCUT2D eigenvalue weighted by molar-refractivity contribution is 5.30. The minimum atomic E-state index is -0.197. The maximum absolute atomic E-state index is 5.30. The molecule has 66 valence electrons. The van der Waals surface area contributed by atoms with Crippen molar-refractivity contribution in [2.75, 3.05) is 5.48 Å². The molecule has 1 rings (SSSR count). The monoisotopic (exact) mass is 166 g/mol. The van der Waals surface area contributed by atoms with Gasteiger partial charge in [-0.05, 0) is 32.9 Å². The quantitative estimate of drug-likeness (QED) is 0.684. The molecule has 0 spiro atoms. The minimum Gasteiger partial charge on any atom is -0.269 e. The third-order valence-electron chi connectivity index (χ3n) is 1.13. The SMILES string of the molecule is CC(C)(C)ONc1ccccn1. The molecule has 1 N–H and O–H groups in total. The van der Waals surface area contributed by atoms with Gasteiger partial charge in [0.25, 0.3) is 0 Å². The predicted octanol–water partition coefficient (Wildman–Crippen LogP) is 2.22. The molecular formula is C9H14N2O. The van der Waals surface area contributed by atoms with E-state index in [1.54, 1.807) is 6.20 Å². The lowest BCUT2D eigenvalue weighted by atomic mass is 10.2. The van der Waals surface area contributed by atoms with E-state index in [1.165, 1.54) is 0 Å². The molecule has 3 heteroatoms. The maximum Gasteiger partial charge on any atom is 0.149 e. The zero-order valence-corrected chi connectivity index (χ0v) is 7.66. The van der Waals surface area contributed by atoms with Gasteiger partial charge in [0, 0.05) is 6.20 Å². The van der Waals surface area contributed by atoms with Gasteiger partial charge in [-0.25, -0.2) is 10.5 Å². The summed E-state index contributed by atoms with van der Waals surface area (Å²) >= 11 is 0. The molecular weight excluding hydrogens is 152 g/mol. The molecule has 3 nitrogen and oxygen atoms in total. The number of nitrogens with zero attached hydrogens (tertiary/aromatic N) is 1. The lowest BCUT2D eigenvalue weighted by Crippen LogP contribution is -2.23. The lowest BCUT2D eigenvalue weighted by Gasteiger charge is -2.19. The molecule has 0 aliphatic heterocycles. The van der Waals surface area contributed by atoms with Gasteiger partial charge in [-0.15, -0.1) is 0 Å². The van der Waals surface area contributed by atoms with Gasteiger partial charge < -0.3 is 0 Å². The van der Waals surface area contributed by atoms with Crippen molar-refractivity contribution >= 4 is 5.82 Å². The molecule has 0 atom stereocenters. The van der Waals surface area contributed by atoms with Crippen LogP contribution in [0.2, 0.25) is 0 Å². The first-order valence-corrected chi connectivity index (χ1v) is 3.93.